The van der Waals surface area contributed by atoms with Crippen molar-refractivity contribution in [3.8, 4) is 0 Å². The first kappa shape index (κ1) is 11.4. The van der Waals surface area contributed by atoms with Crippen LogP contribution in [0.25, 0.3) is 0 Å². The zero-order valence-electron chi connectivity index (χ0n) is 7.54. The highest BCUT2D eigenvalue weighted by atomic mass is 16.6. The van der Waals surface area contributed by atoms with Crippen molar-refractivity contribution in [3.05, 3.63) is 0 Å². The van der Waals surface area contributed by atoms with Crippen LogP contribution in [0.5, 0.6) is 0 Å². The summed E-state index contributed by atoms with van der Waals surface area (Å²) < 4.78 is 14.7. The fourth-order valence-electron chi connectivity index (χ4n) is 0.683. The fraction of sp³-hybridized carbons (Fsp3) is 0.875. The van der Waals surface area contributed by atoms with E-state index in [-0.39, 0.29) is 6.10 Å². The molecule has 0 atom stereocenters. The average molecular weight is 175 g/mol. The van der Waals surface area contributed by atoms with Crippen LogP contribution in [0.2, 0.25) is 0 Å². The lowest BCUT2D eigenvalue weighted by molar-refractivity contribution is -0.00734. The molecule has 0 aliphatic rings. The van der Waals surface area contributed by atoms with Crippen molar-refractivity contribution < 1.29 is 19.0 Å². The van der Waals surface area contributed by atoms with Crippen LogP contribution < -0.4 is 0 Å². The quantitative estimate of drug-likeness (QED) is 0.539. The molecule has 1 radical (unpaired) electrons. The van der Waals surface area contributed by atoms with Crippen LogP contribution >= 0.6 is 0 Å². The Morgan fingerprint density at radius 1 is 1.17 bits per heavy atom. The predicted octanol–water partition coefficient (Wildman–Crippen LogP) is 0.512. The van der Waals surface area contributed by atoms with Crippen molar-refractivity contribution in [2.75, 3.05) is 26.4 Å². The average Bonchev–Trinajstić information content (AvgIpc) is 2.10. The molecule has 0 aromatic rings. The lowest BCUT2D eigenvalue weighted by atomic mass is 10.4. The monoisotopic (exact) mass is 175 g/mol. The van der Waals surface area contributed by atoms with E-state index in [1.54, 1.807) is 0 Å². The summed E-state index contributed by atoms with van der Waals surface area (Å²) in [5, 5.41) is 0. The Morgan fingerprint density at radius 3 is 2.00 bits per heavy atom. The second-order valence-corrected chi connectivity index (χ2v) is 2.14. The Hall–Kier alpha value is -0.610. The van der Waals surface area contributed by atoms with E-state index in [4.69, 9.17) is 9.47 Å². The molecule has 71 valence electrons. The van der Waals surface area contributed by atoms with E-state index in [2.05, 4.69) is 4.74 Å². The van der Waals surface area contributed by atoms with Gasteiger partial charge in [-0.25, -0.2) is 4.79 Å². The van der Waals surface area contributed by atoms with E-state index in [0.717, 1.165) is 0 Å². The van der Waals surface area contributed by atoms with Gasteiger partial charge in [0.2, 0.25) is 0 Å². The van der Waals surface area contributed by atoms with Gasteiger partial charge in [0.1, 0.15) is 6.10 Å². The predicted molar refractivity (Wildman–Crippen MR) is 43.6 cm³/mol. The summed E-state index contributed by atoms with van der Waals surface area (Å²) in [6.07, 6.45) is -0.331. The van der Waals surface area contributed by atoms with Gasteiger partial charge in [0.15, 0.2) is 0 Å². The van der Waals surface area contributed by atoms with Gasteiger partial charge in [0, 0.05) is 13.2 Å². The zero-order valence-corrected chi connectivity index (χ0v) is 7.54. The van der Waals surface area contributed by atoms with Crippen molar-refractivity contribution in [2.24, 2.45) is 0 Å². The molecule has 0 aliphatic heterocycles. The normalized spacial score (nSPS) is 10.2. The number of hydrogen-bond donors (Lipinski definition) is 0. The smallest absolute Gasteiger partial charge is 0.417 e. The summed E-state index contributed by atoms with van der Waals surface area (Å²) in [6.45, 7) is 7.07. The lowest BCUT2D eigenvalue weighted by Gasteiger charge is -2.13. The molecule has 0 spiro atoms. The largest absolute Gasteiger partial charge is 0.449 e. The van der Waals surface area contributed by atoms with Gasteiger partial charge >= 0.3 is 6.47 Å². The number of ether oxygens (including phenoxy) is 3. The van der Waals surface area contributed by atoms with Crippen LogP contribution in [0.4, 0.5) is 0 Å². The highest BCUT2D eigenvalue weighted by molar-refractivity contribution is 5.38. The third kappa shape index (κ3) is 6.12. The van der Waals surface area contributed by atoms with E-state index >= 15 is 0 Å². The van der Waals surface area contributed by atoms with Gasteiger partial charge in [0.05, 0.1) is 13.2 Å². The first-order valence-electron chi connectivity index (χ1n) is 4.03. The van der Waals surface area contributed by atoms with E-state index in [1.165, 1.54) is 6.47 Å². The molecule has 0 saturated heterocycles. The molecule has 0 N–H and O–H groups in total. The Labute approximate surface area is 72.8 Å². The van der Waals surface area contributed by atoms with Crippen LogP contribution in [0.1, 0.15) is 13.8 Å². The van der Waals surface area contributed by atoms with E-state index in [0.29, 0.717) is 26.4 Å². The first-order chi connectivity index (χ1) is 5.85. The molecule has 12 heavy (non-hydrogen) atoms. The molecule has 0 bridgehead atoms. The summed E-state index contributed by atoms with van der Waals surface area (Å²) in [7, 11) is 0. The maximum absolute atomic E-state index is 9.88. The van der Waals surface area contributed by atoms with Crippen molar-refractivity contribution in [1.29, 1.82) is 0 Å². The maximum atomic E-state index is 9.88. The Bertz CT molecular complexity index is 97.2. The van der Waals surface area contributed by atoms with Crippen molar-refractivity contribution in [3.63, 3.8) is 0 Å². The van der Waals surface area contributed by atoms with Crippen molar-refractivity contribution in [2.45, 2.75) is 20.0 Å². The van der Waals surface area contributed by atoms with Gasteiger partial charge in [-0.1, -0.05) is 0 Å². The molecule has 0 aliphatic carbocycles. The van der Waals surface area contributed by atoms with Gasteiger partial charge in [-0.05, 0) is 13.8 Å². The van der Waals surface area contributed by atoms with Gasteiger partial charge in [-0.2, -0.15) is 0 Å². The van der Waals surface area contributed by atoms with Gasteiger partial charge in [-0.3, -0.25) is 0 Å². The lowest BCUT2D eigenvalue weighted by Crippen LogP contribution is -2.25. The zero-order chi connectivity index (χ0) is 9.23. The van der Waals surface area contributed by atoms with E-state index < -0.39 is 0 Å². The molecule has 4 heteroatoms. The molecular formula is C8H15O4. The van der Waals surface area contributed by atoms with Crippen LogP contribution in [0.15, 0.2) is 0 Å². The minimum atomic E-state index is -0.331. The van der Waals surface area contributed by atoms with Gasteiger partial charge < -0.3 is 14.2 Å². The first-order valence-corrected chi connectivity index (χ1v) is 4.03. The highest BCUT2D eigenvalue weighted by Gasteiger charge is 2.08. The Kier molecular flexibility index (Phi) is 8.05. The van der Waals surface area contributed by atoms with Crippen molar-refractivity contribution >= 4 is 6.47 Å². The summed E-state index contributed by atoms with van der Waals surface area (Å²) in [5.74, 6) is 0. The minimum Gasteiger partial charge on any atom is -0.449 e. The topological polar surface area (TPSA) is 44.8 Å². The number of rotatable bonds is 8. The molecule has 0 heterocycles. The SMILES string of the molecule is CCOCC(COCC)O[C]=O. The molecule has 0 unspecified atom stereocenters. The molecule has 0 fully saturated rings. The van der Waals surface area contributed by atoms with Gasteiger partial charge in [-0.15, -0.1) is 0 Å². The van der Waals surface area contributed by atoms with Crippen molar-refractivity contribution in [1.82, 2.24) is 0 Å². The van der Waals surface area contributed by atoms with E-state index in [9.17, 15) is 4.79 Å². The molecule has 4 nitrogen and oxygen atoms in total. The molecule has 0 saturated carbocycles. The summed E-state index contributed by atoms with van der Waals surface area (Å²) in [6, 6.07) is 0. The third-order valence-corrected chi connectivity index (χ3v) is 1.23. The standard InChI is InChI=1S/C8H15O4/c1-3-10-5-8(12-7-9)6-11-4-2/h8H,3-6H2,1-2H3. The Morgan fingerprint density at radius 2 is 1.67 bits per heavy atom. The Balaban J connectivity index is 3.46. The van der Waals surface area contributed by atoms with E-state index in [1.807, 2.05) is 13.8 Å². The molecule has 0 amide bonds. The highest BCUT2D eigenvalue weighted by Crippen LogP contribution is 1.93. The maximum Gasteiger partial charge on any atom is 0.417 e. The summed E-state index contributed by atoms with van der Waals surface area (Å²) >= 11 is 0. The van der Waals surface area contributed by atoms with Gasteiger partial charge in [0.25, 0.3) is 0 Å². The van der Waals surface area contributed by atoms with Crippen LogP contribution in [0.3, 0.4) is 0 Å². The second kappa shape index (κ2) is 8.49. The number of carbonyl (C=O) groups excluding carboxylic acids is 1. The summed E-state index contributed by atoms with van der Waals surface area (Å²) in [4.78, 5) is 9.88. The third-order valence-electron chi connectivity index (χ3n) is 1.23. The minimum absolute atomic E-state index is 0.331. The van der Waals surface area contributed by atoms with Crippen LogP contribution in [0, 0.1) is 0 Å². The van der Waals surface area contributed by atoms with Crippen LogP contribution in [-0.4, -0.2) is 39.0 Å². The molecule has 0 aromatic carbocycles. The fourth-order valence-corrected chi connectivity index (χ4v) is 0.683. The molecule has 0 rings (SSSR count). The molecule has 0 aromatic heterocycles. The second-order valence-electron chi connectivity index (χ2n) is 2.14. The van der Waals surface area contributed by atoms with Crippen LogP contribution in [-0.2, 0) is 19.0 Å². The summed E-state index contributed by atoms with van der Waals surface area (Å²) in [5.41, 5.74) is 0. The molecular weight excluding hydrogens is 160 g/mol. The number of hydrogen-bond acceptors (Lipinski definition) is 4.